The lowest BCUT2D eigenvalue weighted by Crippen LogP contribution is -2.48. The summed E-state index contributed by atoms with van der Waals surface area (Å²) in [4.78, 5) is 25.9. The van der Waals surface area contributed by atoms with Crippen LogP contribution in [0.15, 0.2) is 18.2 Å². The number of ether oxygens (including phenoxy) is 3. The lowest BCUT2D eigenvalue weighted by molar-refractivity contribution is -0.143. The van der Waals surface area contributed by atoms with Crippen LogP contribution in [-0.2, 0) is 9.59 Å². The first kappa shape index (κ1) is 18.9. The molecule has 3 atom stereocenters. The maximum Gasteiger partial charge on any atom is 0.320 e. The van der Waals surface area contributed by atoms with Crippen molar-refractivity contribution >= 4 is 11.9 Å². The number of carbonyl (C=O) groups excluding carboxylic acids is 1. The van der Waals surface area contributed by atoms with E-state index in [9.17, 15) is 14.7 Å². The minimum atomic E-state index is -0.826. The van der Waals surface area contributed by atoms with E-state index in [1.54, 1.807) is 18.2 Å². The predicted molar refractivity (Wildman–Crippen MR) is 99.6 cm³/mol. The van der Waals surface area contributed by atoms with Crippen molar-refractivity contribution in [2.75, 3.05) is 26.5 Å². The smallest absolute Gasteiger partial charge is 0.320 e. The highest BCUT2D eigenvalue weighted by molar-refractivity contribution is 5.80. The Morgan fingerprint density at radius 2 is 2.04 bits per heavy atom. The zero-order chi connectivity index (χ0) is 19.5. The molecule has 4 rings (SSSR count). The van der Waals surface area contributed by atoms with E-state index in [2.05, 4.69) is 5.32 Å². The fraction of sp³-hybridized carbons (Fsp3) is 0.600. The van der Waals surface area contributed by atoms with Crippen LogP contribution >= 0.6 is 0 Å². The summed E-state index contributed by atoms with van der Waals surface area (Å²) in [7, 11) is 0. The molecule has 1 amide bonds. The topological polar surface area (TPSA) is 97.3 Å². The third-order valence-corrected chi connectivity index (χ3v) is 5.87. The van der Waals surface area contributed by atoms with Crippen LogP contribution in [-0.4, -0.2) is 60.5 Å². The Bertz CT molecular complexity index is 739. The molecule has 2 fully saturated rings. The average molecular weight is 390 g/mol. The van der Waals surface area contributed by atoms with Crippen LogP contribution in [0.25, 0.3) is 0 Å². The molecule has 3 unspecified atom stereocenters. The zero-order valence-electron chi connectivity index (χ0n) is 15.8. The number of nitrogens with zero attached hydrogens (tertiary/aromatic N) is 1. The van der Waals surface area contributed by atoms with E-state index in [1.807, 2.05) is 4.90 Å². The number of carboxylic acids is 1. The molecule has 1 aromatic rings. The third-order valence-electron chi connectivity index (χ3n) is 5.87. The van der Waals surface area contributed by atoms with Gasteiger partial charge in [0.2, 0.25) is 12.7 Å². The Hall–Kier alpha value is -2.48. The van der Waals surface area contributed by atoms with Crippen LogP contribution in [0.1, 0.15) is 32.1 Å². The van der Waals surface area contributed by atoms with Gasteiger partial charge in [0.25, 0.3) is 0 Å². The number of carbonyl (C=O) groups is 2. The number of hydrogen-bond donors (Lipinski definition) is 2. The minimum absolute atomic E-state index is 0.127. The van der Waals surface area contributed by atoms with Gasteiger partial charge in [-0.05, 0) is 37.3 Å². The van der Waals surface area contributed by atoms with Crippen LogP contribution in [0.4, 0.5) is 0 Å². The molecule has 0 radical (unpaired) electrons. The molecule has 152 valence electrons. The van der Waals surface area contributed by atoms with Crippen molar-refractivity contribution in [1.82, 2.24) is 10.2 Å². The second-order valence-electron chi connectivity index (χ2n) is 7.59. The van der Waals surface area contributed by atoms with Gasteiger partial charge in [0.1, 0.15) is 18.4 Å². The summed E-state index contributed by atoms with van der Waals surface area (Å²) in [6.45, 7) is 1.01. The van der Waals surface area contributed by atoms with Gasteiger partial charge < -0.3 is 24.6 Å². The molecule has 0 aromatic heterocycles. The molecule has 1 aliphatic carbocycles. The molecular weight excluding hydrogens is 364 g/mol. The summed E-state index contributed by atoms with van der Waals surface area (Å²) >= 11 is 0. The van der Waals surface area contributed by atoms with Gasteiger partial charge in [-0.2, -0.15) is 0 Å². The monoisotopic (exact) mass is 390 g/mol. The van der Waals surface area contributed by atoms with Crippen molar-refractivity contribution in [3.8, 4) is 17.2 Å². The van der Waals surface area contributed by atoms with E-state index in [-0.39, 0.29) is 25.3 Å². The van der Waals surface area contributed by atoms with Gasteiger partial charge in [0, 0.05) is 12.1 Å². The molecule has 1 aromatic carbocycles. The van der Waals surface area contributed by atoms with Crippen molar-refractivity contribution in [2.45, 2.75) is 44.2 Å². The maximum atomic E-state index is 12.4. The Kier molecular flexibility index (Phi) is 5.57. The van der Waals surface area contributed by atoms with Gasteiger partial charge in [0.15, 0.2) is 11.5 Å². The summed E-state index contributed by atoms with van der Waals surface area (Å²) in [6, 6.07) is 5.00. The number of likely N-dealkylation sites (tertiary alicyclic amines) is 1. The Labute approximate surface area is 163 Å². The second-order valence-corrected chi connectivity index (χ2v) is 7.59. The number of rotatable bonds is 7. The highest BCUT2D eigenvalue weighted by Gasteiger charge is 2.45. The first-order valence-corrected chi connectivity index (χ1v) is 9.89. The van der Waals surface area contributed by atoms with Gasteiger partial charge in [-0.3, -0.25) is 14.5 Å². The molecule has 1 saturated carbocycles. The van der Waals surface area contributed by atoms with Gasteiger partial charge in [-0.25, -0.2) is 0 Å². The summed E-state index contributed by atoms with van der Waals surface area (Å²) in [6.07, 6.45) is 4.96. The van der Waals surface area contributed by atoms with E-state index in [0.717, 1.165) is 25.7 Å². The van der Waals surface area contributed by atoms with Crippen LogP contribution in [0.3, 0.4) is 0 Å². The second kappa shape index (κ2) is 8.26. The highest BCUT2D eigenvalue weighted by atomic mass is 16.7. The Morgan fingerprint density at radius 1 is 1.21 bits per heavy atom. The summed E-state index contributed by atoms with van der Waals surface area (Å²) in [5, 5.41) is 12.4. The van der Waals surface area contributed by atoms with Crippen molar-refractivity contribution in [1.29, 1.82) is 0 Å². The molecule has 28 heavy (non-hydrogen) atoms. The first-order valence-electron chi connectivity index (χ1n) is 9.89. The van der Waals surface area contributed by atoms with E-state index < -0.39 is 12.0 Å². The Morgan fingerprint density at radius 3 is 2.89 bits per heavy atom. The van der Waals surface area contributed by atoms with Crippen molar-refractivity contribution in [3.05, 3.63) is 18.2 Å². The van der Waals surface area contributed by atoms with Crippen LogP contribution in [0.5, 0.6) is 17.2 Å². The fourth-order valence-corrected chi connectivity index (χ4v) is 4.57. The number of amides is 1. The number of benzene rings is 1. The molecule has 3 aliphatic rings. The molecule has 2 N–H and O–H groups in total. The lowest BCUT2D eigenvalue weighted by Gasteiger charge is -2.32. The van der Waals surface area contributed by atoms with Crippen LogP contribution in [0.2, 0.25) is 0 Å². The normalized spacial score (nSPS) is 25.9. The number of nitrogens with one attached hydrogen (secondary N) is 1. The quantitative estimate of drug-likeness (QED) is 0.683. The van der Waals surface area contributed by atoms with Crippen molar-refractivity contribution in [2.24, 2.45) is 5.92 Å². The SMILES string of the molecule is O=C(CN1C(C(=O)O)CC2CCCCC21)NCCOc1ccc2c(c1)OCO2. The van der Waals surface area contributed by atoms with E-state index in [1.165, 1.54) is 0 Å². The van der Waals surface area contributed by atoms with Gasteiger partial charge >= 0.3 is 5.97 Å². The van der Waals surface area contributed by atoms with Gasteiger partial charge in [0.05, 0.1) is 13.1 Å². The number of carboxylic acid groups (broad SMARTS) is 1. The molecule has 0 spiro atoms. The van der Waals surface area contributed by atoms with Crippen molar-refractivity contribution < 1.29 is 28.9 Å². The molecule has 8 nitrogen and oxygen atoms in total. The van der Waals surface area contributed by atoms with Crippen LogP contribution < -0.4 is 19.5 Å². The highest BCUT2D eigenvalue weighted by Crippen LogP contribution is 2.39. The largest absolute Gasteiger partial charge is 0.492 e. The van der Waals surface area contributed by atoms with E-state index in [0.29, 0.717) is 42.7 Å². The predicted octanol–water partition coefficient (Wildman–Crippen LogP) is 1.63. The lowest BCUT2D eigenvalue weighted by atomic mass is 9.85. The minimum Gasteiger partial charge on any atom is -0.492 e. The molecule has 8 heteroatoms. The van der Waals surface area contributed by atoms with Gasteiger partial charge in [-0.15, -0.1) is 0 Å². The summed E-state index contributed by atoms with van der Waals surface area (Å²) in [5.74, 6) is 1.41. The third kappa shape index (κ3) is 4.01. The number of hydrogen-bond acceptors (Lipinski definition) is 6. The molecule has 2 heterocycles. The molecule has 1 saturated heterocycles. The summed E-state index contributed by atoms with van der Waals surface area (Å²) < 4.78 is 16.2. The Balaban J connectivity index is 1.24. The first-order chi connectivity index (χ1) is 13.6. The van der Waals surface area contributed by atoms with E-state index in [4.69, 9.17) is 14.2 Å². The maximum absolute atomic E-state index is 12.4. The fourth-order valence-electron chi connectivity index (χ4n) is 4.57. The number of fused-ring (bicyclic) bond motifs is 2. The van der Waals surface area contributed by atoms with Gasteiger partial charge in [-0.1, -0.05) is 12.8 Å². The standard InChI is InChI=1S/C20H26N2O6/c23-19(11-22-15-4-2-1-3-13(15)9-16(22)20(24)25)21-7-8-26-14-5-6-17-18(10-14)28-12-27-17/h5-6,10,13,15-16H,1-4,7-9,11-12H2,(H,21,23)(H,24,25). The molecule has 2 aliphatic heterocycles. The van der Waals surface area contributed by atoms with E-state index >= 15 is 0 Å². The molecular formula is C20H26N2O6. The summed E-state index contributed by atoms with van der Waals surface area (Å²) in [5.41, 5.74) is 0. The number of aliphatic carboxylic acids is 1. The molecule has 0 bridgehead atoms. The average Bonchev–Trinajstić information content (AvgIpc) is 3.30. The van der Waals surface area contributed by atoms with Crippen molar-refractivity contribution in [3.63, 3.8) is 0 Å². The van der Waals surface area contributed by atoms with Crippen LogP contribution in [0, 0.1) is 5.92 Å². The zero-order valence-corrected chi connectivity index (χ0v) is 15.8.